The molecule has 4 saturated carbocycles. The molecule has 0 radical (unpaired) electrons. The summed E-state index contributed by atoms with van der Waals surface area (Å²) in [6, 6.07) is -0.908. The normalized spacial score (nSPS) is 39.5. The second-order valence-corrected chi connectivity index (χ2v) is 19.3. The lowest BCUT2D eigenvalue weighted by atomic mass is 9.33. The summed E-state index contributed by atoms with van der Waals surface area (Å²) in [5.41, 5.74) is 1.45. The minimum Gasteiger partial charge on any atom is -0.480 e. The highest BCUT2D eigenvalue weighted by atomic mass is 16.5. The number of rotatable bonds is 9. The molecule has 0 aromatic rings. The zero-order valence-electron chi connectivity index (χ0n) is 32.2. The molecule has 0 heterocycles. The van der Waals surface area contributed by atoms with Crippen molar-refractivity contribution in [2.24, 2.45) is 56.2 Å². The Bertz CT molecular complexity index is 1370. The first-order valence-electron chi connectivity index (χ1n) is 19.3. The van der Waals surface area contributed by atoms with Crippen molar-refractivity contribution >= 4 is 23.8 Å². The Kier molecular flexibility index (Phi) is 10.0. The Morgan fingerprint density at radius 3 is 2.22 bits per heavy atom. The van der Waals surface area contributed by atoms with Crippen molar-refractivity contribution in [2.75, 3.05) is 6.54 Å². The molecule has 8 heteroatoms. The average Bonchev–Trinajstić information content (AvgIpc) is 2.99. The minimum absolute atomic E-state index is 0.0117. The van der Waals surface area contributed by atoms with E-state index in [0.29, 0.717) is 24.8 Å². The van der Waals surface area contributed by atoms with Gasteiger partial charge in [0.25, 0.3) is 0 Å². The summed E-state index contributed by atoms with van der Waals surface area (Å²) >= 11 is 0. The first kappa shape index (κ1) is 37.9. The molecule has 3 unspecified atom stereocenters. The van der Waals surface area contributed by atoms with Crippen LogP contribution in [0.25, 0.3) is 0 Å². The molecule has 9 atom stereocenters. The van der Waals surface area contributed by atoms with Crippen LogP contribution in [0.2, 0.25) is 0 Å². The summed E-state index contributed by atoms with van der Waals surface area (Å²) in [6.45, 7) is 22.6. The van der Waals surface area contributed by atoms with Crippen LogP contribution in [0.5, 0.6) is 0 Å². The maximum atomic E-state index is 14.4. The Morgan fingerprint density at radius 2 is 1.59 bits per heavy atom. The van der Waals surface area contributed by atoms with Crippen molar-refractivity contribution in [3.63, 3.8) is 0 Å². The van der Waals surface area contributed by atoms with E-state index < -0.39 is 17.4 Å². The molecule has 276 valence electrons. The molecular formula is C41H66N2O6. The lowest BCUT2D eigenvalue weighted by molar-refractivity contribution is -0.212. The van der Waals surface area contributed by atoms with Gasteiger partial charge in [0.05, 0.1) is 5.41 Å². The lowest BCUT2D eigenvalue weighted by Crippen LogP contribution is -2.65. The van der Waals surface area contributed by atoms with E-state index >= 15 is 0 Å². The number of amides is 2. The van der Waals surface area contributed by atoms with E-state index in [2.05, 4.69) is 65.2 Å². The van der Waals surface area contributed by atoms with Gasteiger partial charge in [0.15, 0.2) is 0 Å². The molecule has 5 aliphatic rings. The van der Waals surface area contributed by atoms with E-state index in [9.17, 15) is 24.3 Å². The van der Waals surface area contributed by atoms with Gasteiger partial charge in [-0.15, -0.1) is 0 Å². The van der Waals surface area contributed by atoms with Crippen LogP contribution in [0.15, 0.2) is 11.6 Å². The summed E-state index contributed by atoms with van der Waals surface area (Å²) in [5, 5.41) is 15.3. The quantitative estimate of drug-likeness (QED) is 0.129. The first-order chi connectivity index (χ1) is 22.6. The van der Waals surface area contributed by atoms with E-state index in [4.69, 9.17) is 4.74 Å². The van der Waals surface area contributed by atoms with Crippen LogP contribution in [-0.4, -0.2) is 47.6 Å². The van der Waals surface area contributed by atoms with Crippen molar-refractivity contribution < 1.29 is 29.0 Å². The van der Waals surface area contributed by atoms with Gasteiger partial charge in [0, 0.05) is 25.3 Å². The monoisotopic (exact) mass is 682 g/mol. The highest BCUT2D eigenvalue weighted by Crippen LogP contribution is 2.75. The molecule has 2 amide bonds. The number of allylic oxidation sites excluding steroid dienone is 2. The molecular weight excluding hydrogens is 616 g/mol. The Labute approximate surface area is 295 Å². The molecule has 8 nitrogen and oxygen atoms in total. The standard InChI is InChI=1S/C41H66N2O6/c1-25(2)33(34(46)47)43-32(45)12-11-23-42-35(48)41-21-19-36(4,5)24-28(41)27-13-14-30-38(8)17-16-31(49-26(3)44)37(6,7)29(38)15-18-40(30,10)39(27,9)20-22-41/h13,25,28-31,33H,11-12,14-24H2,1-10H3,(H,42,48)(H,43,45)(H,46,47)/t28?,29?,30?,31-,33-,38-,39+,40+,41-/m0/s1. The molecule has 5 aliphatic carbocycles. The van der Waals surface area contributed by atoms with Crippen molar-refractivity contribution in [3.8, 4) is 0 Å². The Morgan fingerprint density at radius 1 is 0.918 bits per heavy atom. The molecule has 0 aliphatic heterocycles. The number of hydrogen-bond donors (Lipinski definition) is 3. The second-order valence-electron chi connectivity index (χ2n) is 19.3. The number of carbonyl (C=O) groups excluding carboxylic acids is 3. The molecule has 4 fully saturated rings. The van der Waals surface area contributed by atoms with Crippen LogP contribution >= 0.6 is 0 Å². The molecule has 0 aromatic heterocycles. The van der Waals surface area contributed by atoms with Gasteiger partial charge >= 0.3 is 11.9 Å². The zero-order chi connectivity index (χ0) is 36.4. The third kappa shape index (κ3) is 6.27. The maximum absolute atomic E-state index is 14.4. The van der Waals surface area contributed by atoms with Crippen molar-refractivity contribution in [2.45, 2.75) is 158 Å². The molecule has 0 saturated heterocycles. The fourth-order valence-electron chi connectivity index (χ4n) is 12.4. The molecule has 0 bridgehead atoms. The minimum atomic E-state index is -1.03. The molecule has 49 heavy (non-hydrogen) atoms. The fourth-order valence-corrected chi connectivity index (χ4v) is 12.4. The van der Waals surface area contributed by atoms with Crippen LogP contribution in [0.1, 0.15) is 146 Å². The largest absolute Gasteiger partial charge is 0.480 e. The smallest absolute Gasteiger partial charge is 0.326 e. The Balaban J connectivity index is 1.36. The van der Waals surface area contributed by atoms with E-state index in [-0.39, 0.29) is 69.2 Å². The van der Waals surface area contributed by atoms with Gasteiger partial charge in [0.1, 0.15) is 12.1 Å². The van der Waals surface area contributed by atoms with E-state index in [0.717, 1.165) is 64.2 Å². The summed E-state index contributed by atoms with van der Waals surface area (Å²) in [4.78, 5) is 50.5. The molecule has 3 N–H and O–H groups in total. The highest BCUT2D eigenvalue weighted by Gasteiger charge is 2.69. The summed E-state index contributed by atoms with van der Waals surface area (Å²) < 4.78 is 5.93. The Hall–Kier alpha value is -2.38. The van der Waals surface area contributed by atoms with Gasteiger partial charge in [-0.25, -0.2) is 4.79 Å². The molecule has 5 rings (SSSR count). The predicted octanol–water partition coefficient (Wildman–Crippen LogP) is 7.84. The van der Waals surface area contributed by atoms with Gasteiger partial charge in [-0.3, -0.25) is 14.4 Å². The number of hydrogen-bond acceptors (Lipinski definition) is 5. The number of carbonyl (C=O) groups is 4. The van der Waals surface area contributed by atoms with Crippen LogP contribution in [0.3, 0.4) is 0 Å². The maximum Gasteiger partial charge on any atom is 0.326 e. The van der Waals surface area contributed by atoms with E-state index in [1.165, 1.54) is 12.5 Å². The fraction of sp³-hybridized carbons (Fsp3) is 0.854. The third-order valence-corrected chi connectivity index (χ3v) is 15.5. The van der Waals surface area contributed by atoms with E-state index in [1.807, 2.05) is 0 Å². The van der Waals surface area contributed by atoms with Crippen LogP contribution < -0.4 is 10.6 Å². The predicted molar refractivity (Wildman–Crippen MR) is 191 cm³/mol. The highest BCUT2D eigenvalue weighted by molar-refractivity contribution is 5.85. The van der Waals surface area contributed by atoms with Gasteiger partial charge in [-0.1, -0.05) is 74.0 Å². The number of carboxylic acid groups (broad SMARTS) is 1. The number of aliphatic carboxylic acids is 1. The van der Waals surface area contributed by atoms with Crippen LogP contribution in [0.4, 0.5) is 0 Å². The molecule has 0 spiro atoms. The van der Waals surface area contributed by atoms with Crippen molar-refractivity contribution in [1.29, 1.82) is 0 Å². The first-order valence-corrected chi connectivity index (χ1v) is 19.3. The summed E-state index contributed by atoms with van der Waals surface area (Å²) in [6.07, 6.45) is 13.3. The number of nitrogens with one attached hydrogen (secondary N) is 2. The van der Waals surface area contributed by atoms with Crippen LogP contribution in [-0.2, 0) is 23.9 Å². The van der Waals surface area contributed by atoms with Crippen molar-refractivity contribution in [1.82, 2.24) is 10.6 Å². The van der Waals surface area contributed by atoms with Crippen LogP contribution in [0, 0.1) is 56.2 Å². The van der Waals surface area contributed by atoms with Gasteiger partial charge in [-0.05, 0) is 116 Å². The van der Waals surface area contributed by atoms with Gasteiger partial charge in [-0.2, -0.15) is 0 Å². The van der Waals surface area contributed by atoms with E-state index in [1.54, 1.807) is 13.8 Å². The zero-order valence-corrected chi connectivity index (χ0v) is 32.2. The third-order valence-electron chi connectivity index (χ3n) is 15.5. The number of fused-ring (bicyclic) bond motifs is 7. The van der Waals surface area contributed by atoms with Crippen molar-refractivity contribution in [3.05, 3.63) is 11.6 Å². The topological polar surface area (TPSA) is 122 Å². The average molecular weight is 683 g/mol. The number of ether oxygens (including phenoxy) is 1. The second kappa shape index (κ2) is 13.0. The molecule has 0 aromatic carbocycles. The lowest BCUT2D eigenvalue weighted by Gasteiger charge is -2.71. The SMILES string of the molecule is CC(=O)O[C@H]1CC[C@@]2(C)C(CC[C@]3(C)C2CC=C2C4CC(C)(C)CC[C@]4(C(=O)NCCCC(=O)N[C@H](C(=O)O)C(C)C)CC[C@]23C)C1(C)C. The van der Waals surface area contributed by atoms with Gasteiger partial charge < -0.3 is 20.5 Å². The summed E-state index contributed by atoms with van der Waals surface area (Å²) in [7, 11) is 0. The summed E-state index contributed by atoms with van der Waals surface area (Å²) in [5.74, 6) is -0.350. The number of carboxylic acids is 1. The number of esters is 1. The van der Waals surface area contributed by atoms with Gasteiger partial charge in [0.2, 0.25) is 11.8 Å².